The van der Waals surface area contributed by atoms with Crippen LogP contribution in [0.1, 0.15) is 0 Å². The highest BCUT2D eigenvalue weighted by molar-refractivity contribution is 9.11. The van der Waals surface area contributed by atoms with E-state index in [4.69, 9.17) is 16.7 Å². The van der Waals surface area contributed by atoms with Gasteiger partial charge in [-0.25, -0.2) is 8.42 Å². The van der Waals surface area contributed by atoms with Gasteiger partial charge in [-0.3, -0.25) is 4.79 Å². The maximum Gasteiger partial charge on any atom is 0.318 e. The first-order valence-corrected chi connectivity index (χ1v) is 7.31. The number of halogens is 2. The molecule has 0 fully saturated rings. The Labute approximate surface area is 110 Å². The van der Waals surface area contributed by atoms with Crippen LogP contribution in [0.2, 0.25) is 5.02 Å². The van der Waals surface area contributed by atoms with Gasteiger partial charge < -0.3 is 5.11 Å². The summed E-state index contributed by atoms with van der Waals surface area (Å²) in [5.41, 5.74) is 0. The summed E-state index contributed by atoms with van der Waals surface area (Å²) in [4.78, 5) is 10.4. The van der Waals surface area contributed by atoms with Crippen molar-refractivity contribution in [2.75, 3.05) is 13.6 Å². The van der Waals surface area contributed by atoms with Gasteiger partial charge in [-0.2, -0.15) is 4.31 Å². The molecule has 1 N–H and O–H groups in total. The maximum atomic E-state index is 11.8. The van der Waals surface area contributed by atoms with Gasteiger partial charge in [0.2, 0.25) is 0 Å². The molecule has 0 aliphatic heterocycles. The number of carbonyl (C=O) groups is 1. The van der Waals surface area contributed by atoms with Crippen LogP contribution in [0.15, 0.2) is 14.1 Å². The molecular weight excluding hydrogens is 342 g/mol. The topological polar surface area (TPSA) is 74.7 Å². The zero-order valence-electron chi connectivity index (χ0n) is 7.98. The van der Waals surface area contributed by atoms with Crippen molar-refractivity contribution < 1.29 is 18.3 Å². The zero-order valence-corrected chi connectivity index (χ0v) is 12.0. The summed E-state index contributed by atoms with van der Waals surface area (Å²) in [6.07, 6.45) is 0. The first-order valence-electron chi connectivity index (χ1n) is 3.88. The van der Waals surface area contributed by atoms with Crippen molar-refractivity contribution in [2.24, 2.45) is 0 Å². The zero-order chi connectivity index (χ0) is 12.5. The number of sulfonamides is 1. The number of thiophene rings is 1. The van der Waals surface area contributed by atoms with Gasteiger partial charge in [0.05, 0.1) is 8.81 Å². The first kappa shape index (κ1) is 13.9. The van der Waals surface area contributed by atoms with Crippen LogP contribution in [-0.2, 0) is 14.8 Å². The van der Waals surface area contributed by atoms with E-state index in [2.05, 4.69) is 15.9 Å². The monoisotopic (exact) mass is 347 g/mol. The second kappa shape index (κ2) is 5.01. The molecule has 1 rings (SSSR count). The van der Waals surface area contributed by atoms with Crippen LogP contribution in [0, 0.1) is 0 Å². The van der Waals surface area contributed by atoms with Crippen molar-refractivity contribution in [1.29, 1.82) is 0 Å². The number of aliphatic carboxylic acids is 1. The molecule has 0 saturated heterocycles. The quantitative estimate of drug-likeness (QED) is 0.901. The summed E-state index contributed by atoms with van der Waals surface area (Å²) < 4.78 is 24.9. The Morgan fingerprint density at radius 2 is 2.25 bits per heavy atom. The molecule has 16 heavy (non-hydrogen) atoms. The first-order chi connectivity index (χ1) is 7.25. The third-order valence-electron chi connectivity index (χ3n) is 1.65. The number of carboxylic acids is 1. The molecule has 90 valence electrons. The lowest BCUT2D eigenvalue weighted by Crippen LogP contribution is -2.31. The summed E-state index contributed by atoms with van der Waals surface area (Å²) in [6.45, 7) is -0.588. The highest BCUT2D eigenvalue weighted by Gasteiger charge is 2.25. The molecule has 1 aromatic rings. The van der Waals surface area contributed by atoms with Gasteiger partial charge in [0.1, 0.15) is 10.8 Å². The molecule has 0 radical (unpaired) electrons. The Balaban J connectivity index is 3.06. The lowest BCUT2D eigenvalue weighted by molar-refractivity contribution is -0.137. The Morgan fingerprint density at radius 3 is 2.62 bits per heavy atom. The fraction of sp³-hybridized carbons (Fsp3) is 0.286. The third-order valence-corrected chi connectivity index (χ3v) is 6.37. The molecule has 0 saturated carbocycles. The number of likely N-dealkylation sites (N-methyl/N-ethyl adjacent to an activating group) is 1. The number of carboxylic acid groups (broad SMARTS) is 1. The van der Waals surface area contributed by atoms with Crippen LogP contribution in [0.25, 0.3) is 0 Å². The molecule has 9 heteroatoms. The average Bonchev–Trinajstić information content (AvgIpc) is 2.46. The van der Waals surface area contributed by atoms with Crippen molar-refractivity contribution in [3.63, 3.8) is 0 Å². The largest absolute Gasteiger partial charge is 0.480 e. The van der Waals surface area contributed by atoms with E-state index in [9.17, 15) is 13.2 Å². The van der Waals surface area contributed by atoms with Gasteiger partial charge in [0, 0.05) is 7.05 Å². The van der Waals surface area contributed by atoms with Crippen LogP contribution >= 0.6 is 38.9 Å². The number of rotatable bonds is 4. The minimum atomic E-state index is -3.78. The van der Waals surface area contributed by atoms with E-state index in [1.807, 2.05) is 0 Å². The van der Waals surface area contributed by atoms with Crippen molar-refractivity contribution in [3.8, 4) is 0 Å². The SMILES string of the molecule is CN(CC(=O)O)S(=O)(=O)c1cc(Cl)c(Br)s1. The van der Waals surface area contributed by atoms with Crippen LogP contribution in [0.3, 0.4) is 0 Å². The maximum absolute atomic E-state index is 11.8. The molecule has 0 aliphatic carbocycles. The van der Waals surface area contributed by atoms with E-state index in [0.717, 1.165) is 15.6 Å². The van der Waals surface area contributed by atoms with Crippen molar-refractivity contribution >= 4 is 54.9 Å². The minimum Gasteiger partial charge on any atom is -0.480 e. The predicted molar refractivity (Wildman–Crippen MR) is 64.5 cm³/mol. The smallest absolute Gasteiger partial charge is 0.318 e. The van der Waals surface area contributed by atoms with Crippen molar-refractivity contribution in [2.45, 2.75) is 4.21 Å². The number of nitrogens with zero attached hydrogens (tertiary/aromatic N) is 1. The van der Waals surface area contributed by atoms with E-state index in [1.54, 1.807) is 0 Å². The fourth-order valence-electron chi connectivity index (χ4n) is 0.883. The number of hydrogen-bond donors (Lipinski definition) is 1. The molecule has 0 bridgehead atoms. The van der Waals surface area contributed by atoms with E-state index < -0.39 is 22.5 Å². The van der Waals surface area contributed by atoms with Crippen LogP contribution in [0.4, 0.5) is 0 Å². The average molecular weight is 349 g/mol. The summed E-state index contributed by atoms with van der Waals surface area (Å²) in [5, 5.41) is 8.80. The molecule has 0 atom stereocenters. The van der Waals surface area contributed by atoms with Gasteiger partial charge in [-0.15, -0.1) is 11.3 Å². The van der Waals surface area contributed by atoms with Gasteiger partial charge in [-0.05, 0) is 22.0 Å². The van der Waals surface area contributed by atoms with Crippen molar-refractivity contribution in [3.05, 3.63) is 14.9 Å². The second-order valence-corrected chi connectivity index (χ2v) is 7.89. The van der Waals surface area contributed by atoms with Crippen LogP contribution in [-0.4, -0.2) is 37.4 Å². The van der Waals surface area contributed by atoms with Crippen LogP contribution in [0.5, 0.6) is 0 Å². The summed E-state index contributed by atoms with van der Waals surface area (Å²) in [5.74, 6) is -1.22. The van der Waals surface area contributed by atoms with E-state index in [-0.39, 0.29) is 9.23 Å². The molecule has 0 aliphatic rings. The van der Waals surface area contributed by atoms with Gasteiger partial charge >= 0.3 is 5.97 Å². The van der Waals surface area contributed by atoms with Crippen molar-refractivity contribution in [1.82, 2.24) is 4.31 Å². The summed E-state index contributed by atoms with van der Waals surface area (Å²) in [7, 11) is -2.58. The Kier molecular flexibility index (Phi) is 4.35. The molecule has 1 heterocycles. The summed E-state index contributed by atoms with van der Waals surface area (Å²) in [6, 6.07) is 1.28. The van der Waals surface area contributed by atoms with E-state index in [0.29, 0.717) is 3.79 Å². The second-order valence-electron chi connectivity index (χ2n) is 2.84. The summed E-state index contributed by atoms with van der Waals surface area (Å²) >= 11 is 9.74. The molecule has 5 nitrogen and oxygen atoms in total. The predicted octanol–water partition coefficient (Wildman–Crippen LogP) is 1.87. The Morgan fingerprint density at radius 1 is 1.69 bits per heavy atom. The van der Waals surface area contributed by atoms with Crippen LogP contribution < -0.4 is 0 Å². The molecule has 1 aromatic heterocycles. The molecule has 0 aromatic carbocycles. The highest BCUT2D eigenvalue weighted by atomic mass is 79.9. The standard InChI is InChI=1S/C7H7BrClNO4S2/c1-10(3-5(11)12)16(13,14)6-2-4(9)7(8)15-6/h2H,3H2,1H3,(H,11,12). The Hall–Kier alpha value is -0.150. The lowest BCUT2D eigenvalue weighted by atomic mass is 10.7. The molecular formula is C7H7BrClNO4S2. The lowest BCUT2D eigenvalue weighted by Gasteiger charge is -2.12. The molecule has 0 unspecified atom stereocenters. The van der Waals surface area contributed by atoms with E-state index in [1.165, 1.54) is 13.1 Å². The normalized spacial score (nSPS) is 12.0. The molecule has 0 spiro atoms. The Bertz CT molecular complexity index is 493. The van der Waals surface area contributed by atoms with Gasteiger partial charge in [0.25, 0.3) is 10.0 Å². The third kappa shape index (κ3) is 2.95. The highest BCUT2D eigenvalue weighted by Crippen LogP contribution is 2.35. The van der Waals surface area contributed by atoms with E-state index >= 15 is 0 Å². The number of hydrogen-bond acceptors (Lipinski definition) is 4. The molecule has 0 amide bonds. The fourth-order valence-corrected chi connectivity index (χ4v) is 4.61. The van der Waals surface area contributed by atoms with Gasteiger partial charge in [0.15, 0.2) is 0 Å². The minimum absolute atomic E-state index is 0.00752. The van der Waals surface area contributed by atoms with Gasteiger partial charge in [-0.1, -0.05) is 11.6 Å².